The second kappa shape index (κ2) is 10.3. The number of carboxylic acids is 1. The Morgan fingerprint density at radius 2 is 1.66 bits per heavy atom. The molecule has 2 rings (SSSR count). The number of hydrogen-bond donors (Lipinski definition) is 2. The summed E-state index contributed by atoms with van der Waals surface area (Å²) in [6.45, 7) is 3.42. The average Bonchev–Trinajstić information content (AvgIpc) is 2.67. The first kappa shape index (κ1) is 22.0. The van der Waals surface area contributed by atoms with E-state index in [1.54, 1.807) is 44.2 Å². The van der Waals surface area contributed by atoms with Crippen molar-refractivity contribution in [2.75, 3.05) is 0 Å². The molecule has 152 valence electrons. The lowest BCUT2D eigenvalue weighted by Crippen LogP contribution is -2.31. The first-order valence-electron chi connectivity index (χ1n) is 9.34. The molecule has 0 aromatic heterocycles. The van der Waals surface area contributed by atoms with Gasteiger partial charge in [-0.05, 0) is 23.6 Å². The van der Waals surface area contributed by atoms with Gasteiger partial charge in [0.05, 0.1) is 18.0 Å². The number of nitrogens with one attached hydrogen (secondary N) is 1. The minimum atomic E-state index is -1.09. The molecule has 0 aliphatic carbocycles. The van der Waals surface area contributed by atoms with Crippen LogP contribution in [-0.4, -0.2) is 22.8 Å². The third kappa shape index (κ3) is 6.68. The summed E-state index contributed by atoms with van der Waals surface area (Å²) in [6.07, 6.45) is 0.994. The number of benzene rings is 2. The highest BCUT2D eigenvalue weighted by Gasteiger charge is 2.27. The zero-order valence-corrected chi connectivity index (χ0v) is 16.4. The number of carbonyl (C=O) groups excluding carboxylic acids is 2. The summed E-state index contributed by atoms with van der Waals surface area (Å²) in [4.78, 5) is 36.7. The molecule has 0 radical (unpaired) electrons. The number of allylic oxidation sites excluding steroid dienone is 1. The molecule has 6 heteroatoms. The Kier molecular flexibility index (Phi) is 7.83. The molecule has 5 nitrogen and oxygen atoms in total. The van der Waals surface area contributed by atoms with Gasteiger partial charge in [-0.2, -0.15) is 0 Å². The molecule has 0 aliphatic heterocycles. The summed E-state index contributed by atoms with van der Waals surface area (Å²) >= 11 is 0. The van der Waals surface area contributed by atoms with Gasteiger partial charge in [0.15, 0.2) is 5.78 Å². The number of ketones is 1. The fourth-order valence-corrected chi connectivity index (χ4v) is 2.83. The number of carboxylic acid groups (broad SMARTS) is 1. The van der Waals surface area contributed by atoms with Crippen LogP contribution in [0.15, 0.2) is 60.3 Å². The second-order valence-corrected chi connectivity index (χ2v) is 7.11. The van der Waals surface area contributed by atoms with E-state index in [0.717, 1.165) is 5.56 Å². The number of hydrogen-bond acceptors (Lipinski definition) is 3. The lowest BCUT2D eigenvalue weighted by atomic mass is 9.90. The molecule has 2 aromatic carbocycles. The minimum absolute atomic E-state index is 0.0370. The fourth-order valence-electron chi connectivity index (χ4n) is 2.83. The van der Waals surface area contributed by atoms with Gasteiger partial charge in [-0.15, -0.1) is 0 Å². The standard InChI is InChI=1S/C23H24FNO4/c1-15(2)18(23(28)29)14-21(26)20(13-17-10-6-7-11-19(17)24)25-22(27)12-16-8-4-3-5-9-16/h3-11,13,15,18H,12,14H2,1-2H3,(H,25,27)(H,28,29)/b20-13+. The highest BCUT2D eigenvalue weighted by molar-refractivity contribution is 6.04. The maximum Gasteiger partial charge on any atom is 0.307 e. The molecule has 2 aromatic rings. The second-order valence-electron chi connectivity index (χ2n) is 7.11. The molecule has 1 atom stereocenters. The molecule has 0 spiro atoms. The zero-order chi connectivity index (χ0) is 21.4. The van der Waals surface area contributed by atoms with Crippen LogP contribution in [0.5, 0.6) is 0 Å². The molecule has 0 saturated heterocycles. The van der Waals surface area contributed by atoms with Crippen molar-refractivity contribution >= 4 is 23.7 Å². The SMILES string of the molecule is CC(C)C(CC(=O)/C(=C\c1ccccc1F)NC(=O)Cc1ccccc1)C(=O)O. The predicted octanol–water partition coefficient (Wildman–Crippen LogP) is 3.84. The Morgan fingerprint density at radius 1 is 1.03 bits per heavy atom. The maximum atomic E-state index is 14.1. The van der Waals surface area contributed by atoms with Gasteiger partial charge in [0, 0.05) is 12.0 Å². The smallest absolute Gasteiger partial charge is 0.307 e. The van der Waals surface area contributed by atoms with Crippen molar-refractivity contribution in [2.24, 2.45) is 11.8 Å². The van der Waals surface area contributed by atoms with E-state index in [1.807, 2.05) is 6.07 Å². The lowest BCUT2D eigenvalue weighted by Gasteiger charge is -2.17. The Labute approximate surface area is 169 Å². The Morgan fingerprint density at radius 3 is 2.24 bits per heavy atom. The van der Waals surface area contributed by atoms with E-state index in [4.69, 9.17) is 0 Å². The van der Waals surface area contributed by atoms with E-state index in [0.29, 0.717) is 0 Å². The van der Waals surface area contributed by atoms with Crippen molar-refractivity contribution in [2.45, 2.75) is 26.7 Å². The van der Waals surface area contributed by atoms with E-state index in [9.17, 15) is 23.9 Å². The van der Waals surface area contributed by atoms with Gasteiger partial charge in [0.25, 0.3) is 0 Å². The van der Waals surface area contributed by atoms with E-state index in [2.05, 4.69) is 5.32 Å². The summed E-state index contributed by atoms with van der Waals surface area (Å²) in [5, 5.41) is 11.9. The average molecular weight is 397 g/mol. The molecular weight excluding hydrogens is 373 g/mol. The molecule has 29 heavy (non-hydrogen) atoms. The summed E-state index contributed by atoms with van der Waals surface area (Å²) in [7, 11) is 0. The van der Waals surface area contributed by atoms with Gasteiger partial charge in [-0.3, -0.25) is 14.4 Å². The van der Waals surface area contributed by atoms with Crippen LogP contribution in [0.2, 0.25) is 0 Å². The van der Waals surface area contributed by atoms with E-state index in [-0.39, 0.29) is 30.0 Å². The van der Waals surface area contributed by atoms with Crippen LogP contribution in [0, 0.1) is 17.7 Å². The third-order valence-corrected chi connectivity index (χ3v) is 4.51. The van der Waals surface area contributed by atoms with Crippen LogP contribution < -0.4 is 5.32 Å². The van der Waals surface area contributed by atoms with Gasteiger partial charge >= 0.3 is 5.97 Å². The highest BCUT2D eigenvalue weighted by atomic mass is 19.1. The number of rotatable bonds is 9. The number of carbonyl (C=O) groups is 3. The monoisotopic (exact) mass is 397 g/mol. The van der Waals surface area contributed by atoms with Crippen molar-refractivity contribution in [1.82, 2.24) is 5.32 Å². The summed E-state index contributed by atoms with van der Waals surface area (Å²) < 4.78 is 14.1. The molecule has 0 heterocycles. The topological polar surface area (TPSA) is 83.5 Å². The molecule has 0 aliphatic rings. The summed E-state index contributed by atoms with van der Waals surface area (Å²) in [6, 6.07) is 14.8. The van der Waals surface area contributed by atoms with E-state index in [1.165, 1.54) is 24.3 Å². The normalized spacial score (nSPS) is 12.5. The van der Waals surface area contributed by atoms with Crippen molar-refractivity contribution in [3.05, 3.63) is 77.2 Å². The Balaban J connectivity index is 2.28. The van der Waals surface area contributed by atoms with Gasteiger partial charge in [-0.25, -0.2) is 4.39 Å². The van der Waals surface area contributed by atoms with Crippen LogP contribution in [0.4, 0.5) is 4.39 Å². The van der Waals surface area contributed by atoms with Crippen molar-refractivity contribution in [1.29, 1.82) is 0 Å². The Hall–Kier alpha value is -3.28. The largest absolute Gasteiger partial charge is 0.481 e. The first-order valence-corrected chi connectivity index (χ1v) is 9.34. The highest BCUT2D eigenvalue weighted by Crippen LogP contribution is 2.19. The number of amides is 1. The number of halogens is 1. The quantitative estimate of drug-likeness (QED) is 0.630. The molecule has 1 unspecified atom stereocenters. The molecule has 0 bridgehead atoms. The zero-order valence-electron chi connectivity index (χ0n) is 16.4. The maximum absolute atomic E-state index is 14.1. The first-order chi connectivity index (χ1) is 13.8. The van der Waals surface area contributed by atoms with Crippen LogP contribution >= 0.6 is 0 Å². The van der Waals surface area contributed by atoms with Gasteiger partial charge in [0.2, 0.25) is 5.91 Å². The fraction of sp³-hybridized carbons (Fsp3) is 0.261. The van der Waals surface area contributed by atoms with Gasteiger partial charge in [0.1, 0.15) is 5.82 Å². The van der Waals surface area contributed by atoms with E-state index < -0.39 is 29.4 Å². The number of aliphatic carboxylic acids is 1. The predicted molar refractivity (Wildman–Crippen MR) is 108 cm³/mol. The molecule has 2 N–H and O–H groups in total. The van der Waals surface area contributed by atoms with E-state index >= 15 is 0 Å². The summed E-state index contributed by atoms with van der Waals surface area (Å²) in [5.41, 5.74) is 0.767. The van der Waals surface area contributed by atoms with Crippen LogP contribution in [0.25, 0.3) is 6.08 Å². The summed E-state index contributed by atoms with van der Waals surface area (Å²) in [5.74, 6) is -3.81. The molecule has 0 fully saturated rings. The van der Waals surface area contributed by atoms with Crippen molar-refractivity contribution in [3.63, 3.8) is 0 Å². The van der Waals surface area contributed by atoms with Crippen molar-refractivity contribution in [3.8, 4) is 0 Å². The molecule has 1 amide bonds. The van der Waals surface area contributed by atoms with Gasteiger partial charge in [-0.1, -0.05) is 62.4 Å². The molecular formula is C23H24FNO4. The Bertz CT molecular complexity index is 906. The number of Topliss-reactive ketones (excluding diaryl/α,β-unsaturated/α-hetero) is 1. The lowest BCUT2D eigenvalue weighted by molar-refractivity contribution is -0.145. The van der Waals surface area contributed by atoms with Crippen molar-refractivity contribution < 1.29 is 23.9 Å². The minimum Gasteiger partial charge on any atom is -0.481 e. The van der Waals surface area contributed by atoms with Crippen LogP contribution in [0.3, 0.4) is 0 Å². The van der Waals surface area contributed by atoms with Gasteiger partial charge < -0.3 is 10.4 Å². The third-order valence-electron chi connectivity index (χ3n) is 4.51. The van der Waals surface area contributed by atoms with Crippen LogP contribution in [-0.2, 0) is 20.8 Å². The van der Waals surface area contributed by atoms with Crippen LogP contribution in [0.1, 0.15) is 31.4 Å². The molecule has 0 saturated carbocycles.